The Morgan fingerprint density at radius 1 is 0.952 bits per heavy atom. The van der Waals surface area contributed by atoms with Crippen LogP contribution in [-0.4, -0.2) is 82.1 Å². The van der Waals surface area contributed by atoms with Crippen molar-refractivity contribution in [2.24, 2.45) is 5.92 Å². The smallest absolute Gasteiger partial charge is 0.269 e. The van der Waals surface area contributed by atoms with Gasteiger partial charge in [0.2, 0.25) is 0 Å². The molecule has 3 fully saturated rings. The number of halogens is 1. The Kier molecular flexibility index (Phi) is 7.75. The Labute approximate surface area is 250 Å². The van der Waals surface area contributed by atoms with Crippen molar-refractivity contribution < 1.29 is 9.18 Å². The Morgan fingerprint density at radius 2 is 1.60 bits per heavy atom. The molecule has 1 aromatic heterocycles. The van der Waals surface area contributed by atoms with Crippen LogP contribution in [0.1, 0.15) is 37.9 Å². The number of aryl methyl sites for hydroxylation is 1. The second-order valence-electron chi connectivity index (χ2n) is 12.3. The highest BCUT2D eigenvalue weighted by molar-refractivity contribution is 7.80. The number of piperazine rings is 1. The van der Waals surface area contributed by atoms with Gasteiger partial charge in [-0.1, -0.05) is 6.07 Å². The molecule has 0 aliphatic carbocycles. The zero-order valence-electron chi connectivity index (χ0n) is 24.5. The molecule has 6 rings (SSSR count). The van der Waals surface area contributed by atoms with Crippen LogP contribution in [0.25, 0.3) is 11.0 Å². The zero-order chi connectivity index (χ0) is 29.6. The molecule has 222 valence electrons. The minimum Gasteiger partial charge on any atom is -0.372 e. The van der Waals surface area contributed by atoms with Crippen molar-refractivity contribution in [3.8, 4) is 0 Å². The summed E-state index contributed by atoms with van der Waals surface area (Å²) in [6, 6.07) is 11.9. The summed E-state index contributed by atoms with van der Waals surface area (Å²) in [7, 11) is 0. The number of benzene rings is 2. The largest absolute Gasteiger partial charge is 0.372 e. The number of carbonyl (C=O) groups is 1. The molecule has 2 aromatic carbocycles. The first-order chi connectivity index (χ1) is 20.1. The van der Waals surface area contributed by atoms with E-state index in [1.807, 2.05) is 18.7 Å². The van der Waals surface area contributed by atoms with E-state index in [4.69, 9.17) is 12.2 Å². The molecule has 3 saturated heterocycles. The van der Waals surface area contributed by atoms with Gasteiger partial charge in [-0.15, -0.1) is 0 Å². The van der Waals surface area contributed by atoms with Gasteiger partial charge in [0, 0.05) is 69.3 Å². The number of nitrogens with one attached hydrogen (secondary N) is 2. The summed E-state index contributed by atoms with van der Waals surface area (Å²) >= 11 is 5.40. The van der Waals surface area contributed by atoms with E-state index in [1.165, 1.54) is 5.69 Å². The maximum atomic E-state index is 15.2. The molecular formula is C31H38FN7O2S. The summed E-state index contributed by atoms with van der Waals surface area (Å²) in [5.74, 6) is 0.208. The lowest BCUT2D eigenvalue weighted by atomic mass is 9.95. The third kappa shape index (κ3) is 5.52. The maximum absolute atomic E-state index is 15.2. The Bertz CT molecular complexity index is 1560. The van der Waals surface area contributed by atoms with E-state index in [1.54, 1.807) is 19.1 Å². The van der Waals surface area contributed by atoms with Gasteiger partial charge >= 0.3 is 0 Å². The first kappa shape index (κ1) is 28.7. The van der Waals surface area contributed by atoms with Crippen LogP contribution in [0.5, 0.6) is 0 Å². The molecule has 0 bridgehead atoms. The lowest BCUT2D eigenvalue weighted by Gasteiger charge is -2.39. The molecule has 0 spiro atoms. The standard InChI is InChI=1S/C31H38FN7O2S/c1-20-28(40)34-27-25(33-20)9-4-22(26(27)32)19-37-16-14-36(15-17-37)18-21-10-12-38(13-11-21)23-5-7-24(8-6-23)39-30(42)35-29(41)31(39,2)3/h4-9,21H,10-19H2,1-3H3,(H,34,40)(H,35,41,42). The number of carbonyl (C=O) groups excluding carboxylic acids is 1. The van der Waals surface area contributed by atoms with Crippen molar-refractivity contribution >= 4 is 45.6 Å². The quantitative estimate of drug-likeness (QED) is 0.422. The molecule has 0 unspecified atom stereocenters. The number of anilines is 2. The summed E-state index contributed by atoms with van der Waals surface area (Å²) in [5, 5.41) is 3.22. The van der Waals surface area contributed by atoms with Crippen molar-refractivity contribution in [2.45, 2.75) is 45.7 Å². The minimum absolute atomic E-state index is 0.0784. The normalized spacial score (nSPS) is 20.5. The molecule has 3 aliphatic heterocycles. The average Bonchev–Trinajstić information content (AvgIpc) is 3.18. The number of H-pyrrole nitrogens is 1. The first-order valence-corrected chi connectivity index (χ1v) is 15.1. The van der Waals surface area contributed by atoms with Crippen molar-refractivity contribution in [3.63, 3.8) is 0 Å². The molecule has 4 heterocycles. The van der Waals surface area contributed by atoms with Gasteiger partial charge in [-0.05, 0) is 82.1 Å². The molecule has 0 saturated carbocycles. The molecule has 9 nitrogen and oxygen atoms in total. The van der Waals surface area contributed by atoms with Crippen LogP contribution < -0.4 is 20.7 Å². The molecule has 42 heavy (non-hydrogen) atoms. The number of aromatic amines is 1. The minimum atomic E-state index is -0.701. The molecular weight excluding hydrogens is 553 g/mol. The number of thiocarbonyl (C=S) groups is 1. The van der Waals surface area contributed by atoms with Crippen LogP contribution in [0.15, 0.2) is 41.2 Å². The fourth-order valence-corrected chi connectivity index (χ4v) is 6.83. The topological polar surface area (TPSA) is 87.8 Å². The van der Waals surface area contributed by atoms with Crippen LogP contribution in [0.4, 0.5) is 15.8 Å². The molecule has 3 aromatic rings. The highest BCUT2D eigenvalue weighted by Gasteiger charge is 2.44. The number of piperidine rings is 1. The van der Waals surface area contributed by atoms with Crippen LogP contribution in [0.2, 0.25) is 0 Å². The fraction of sp³-hybridized carbons (Fsp3) is 0.484. The third-order valence-electron chi connectivity index (χ3n) is 9.06. The second-order valence-corrected chi connectivity index (χ2v) is 12.6. The van der Waals surface area contributed by atoms with E-state index < -0.39 is 5.54 Å². The Hall–Kier alpha value is -3.41. The van der Waals surface area contributed by atoms with Crippen molar-refractivity contribution in [1.29, 1.82) is 0 Å². The first-order valence-electron chi connectivity index (χ1n) is 14.7. The number of rotatable bonds is 6. The van der Waals surface area contributed by atoms with Gasteiger partial charge in [0.05, 0.1) is 5.52 Å². The zero-order valence-corrected chi connectivity index (χ0v) is 25.3. The van der Waals surface area contributed by atoms with Crippen molar-refractivity contribution in [2.75, 3.05) is 55.6 Å². The molecule has 0 atom stereocenters. The van der Waals surface area contributed by atoms with Gasteiger partial charge in [-0.2, -0.15) is 0 Å². The van der Waals surface area contributed by atoms with Crippen LogP contribution in [-0.2, 0) is 11.3 Å². The molecule has 1 amide bonds. The van der Waals surface area contributed by atoms with E-state index in [0.717, 1.165) is 64.3 Å². The number of hydrogen-bond donors (Lipinski definition) is 2. The average molecular weight is 592 g/mol. The molecule has 3 aliphatic rings. The van der Waals surface area contributed by atoms with Crippen LogP contribution in [0, 0.1) is 18.7 Å². The monoisotopic (exact) mass is 591 g/mol. The van der Waals surface area contributed by atoms with Crippen molar-refractivity contribution in [1.82, 2.24) is 25.1 Å². The van der Waals surface area contributed by atoms with E-state index >= 15 is 4.39 Å². The molecule has 0 radical (unpaired) electrons. The lowest BCUT2D eigenvalue weighted by molar-refractivity contribution is -0.122. The summed E-state index contributed by atoms with van der Waals surface area (Å²) in [6.45, 7) is 12.8. The third-order valence-corrected chi connectivity index (χ3v) is 9.34. The fourth-order valence-electron chi connectivity index (χ4n) is 6.40. The Morgan fingerprint density at radius 3 is 2.24 bits per heavy atom. The Balaban J connectivity index is 0.976. The predicted octanol–water partition coefficient (Wildman–Crippen LogP) is 3.40. The highest BCUT2D eigenvalue weighted by Crippen LogP contribution is 2.32. The van der Waals surface area contributed by atoms with Gasteiger partial charge < -0.3 is 25.0 Å². The number of aromatic nitrogens is 2. The summed E-state index contributed by atoms with van der Waals surface area (Å²) in [5.41, 5.74) is 2.68. The highest BCUT2D eigenvalue weighted by atomic mass is 32.1. The number of nitrogens with zero attached hydrogens (tertiary/aromatic N) is 5. The summed E-state index contributed by atoms with van der Waals surface area (Å²) < 4.78 is 15.2. The van der Waals surface area contributed by atoms with Gasteiger partial charge in [-0.3, -0.25) is 14.5 Å². The van der Waals surface area contributed by atoms with Gasteiger partial charge in [-0.25, -0.2) is 9.37 Å². The van der Waals surface area contributed by atoms with E-state index in [9.17, 15) is 9.59 Å². The van der Waals surface area contributed by atoms with Gasteiger partial charge in [0.1, 0.15) is 16.7 Å². The van der Waals surface area contributed by atoms with E-state index in [-0.39, 0.29) is 22.8 Å². The number of hydrogen-bond acceptors (Lipinski definition) is 7. The number of amides is 1. The van der Waals surface area contributed by atoms with Crippen LogP contribution >= 0.6 is 12.2 Å². The second kappa shape index (κ2) is 11.3. The number of fused-ring (bicyclic) bond motifs is 1. The summed E-state index contributed by atoms with van der Waals surface area (Å²) in [6.07, 6.45) is 2.30. The van der Waals surface area contributed by atoms with E-state index in [0.29, 0.717) is 34.3 Å². The SMILES string of the molecule is Cc1nc2ccc(CN3CCN(CC4CCN(c5ccc(N6C(=S)NC(=O)C6(C)C)cc5)CC4)CC3)c(F)c2[nH]c1=O. The van der Waals surface area contributed by atoms with Crippen molar-refractivity contribution in [3.05, 3.63) is 63.8 Å². The lowest BCUT2D eigenvalue weighted by Crippen LogP contribution is -2.48. The van der Waals surface area contributed by atoms with E-state index in [2.05, 4.69) is 54.2 Å². The van der Waals surface area contributed by atoms with Crippen LogP contribution in [0.3, 0.4) is 0 Å². The summed E-state index contributed by atoms with van der Waals surface area (Å²) in [4.78, 5) is 40.2. The molecule has 2 N–H and O–H groups in total. The molecule has 11 heteroatoms. The van der Waals surface area contributed by atoms with Gasteiger partial charge in [0.25, 0.3) is 11.5 Å². The predicted molar refractivity (Wildman–Crippen MR) is 167 cm³/mol. The van der Waals surface area contributed by atoms with Gasteiger partial charge in [0.15, 0.2) is 10.9 Å². The maximum Gasteiger partial charge on any atom is 0.269 e.